The number of aromatic nitrogens is 4. The maximum atomic E-state index is 5.77. The van der Waals surface area contributed by atoms with E-state index in [1.165, 1.54) is 6.20 Å². The third-order valence-electron chi connectivity index (χ3n) is 2.39. The highest BCUT2D eigenvalue weighted by molar-refractivity contribution is 6.30. The van der Waals surface area contributed by atoms with Gasteiger partial charge in [-0.15, -0.1) is 0 Å². The molecule has 0 fully saturated rings. The van der Waals surface area contributed by atoms with E-state index in [-0.39, 0.29) is 0 Å². The zero-order valence-electron chi connectivity index (χ0n) is 9.62. The molecule has 0 unspecified atom stereocenters. The number of nitrogen functional groups attached to an aromatic ring is 1. The van der Waals surface area contributed by atoms with Gasteiger partial charge in [-0.05, 0) is 18.2 Å². The second-order valence-electron chi connectivity index (χ2n) is 3.79. The van der Waals surface area contributed by atoms with Gasteiger partial charge in [0.2, 0.25) is 5.82 Å². The number of rotatable bonds is 2. The second-order valence-corrected chi connectivity index (χ2v) is 4.23. The van der Waals surface area contributed by atoms with Gasteiger partial charge in [-0.3, -0.25) is 9.97 Å². The monoisotopic (exact) mass is 273 g/mol. The van der Waals surface area contributed by atoms with Gasteiger partial charge in [0.05, 0.1) is 16.3 Å². The summed E-state index contributed by atoms with van der Waals surface area (Å²) in [6.07, 6.45) is 4.67. The first-order valence-electron chi connectivity index (χ1n) is 5.39. The van der Waals surface area contributed by atoms with E-state index in [4.69, 9.17) is 21.9 Å². The maximum Gasteiger partial charge on any atom is 0.259 e. The van der Waals surface area contributed by atoms with Crippen molar-refractivity contribution in [2.24, 2.45) is 0 Å². The highest BCUT2D eigenvalue weighted by Gasteiger charge is 2.11. The van der Waals surface area contributed by atoms with E-state index >= 15 is 0 Å². The Balaban J connectivity index is 1.97. The maximum absolute atomic E-state index is 5.77. The number of hydrogen-bond donors (Lipinski definition) is 1. The molecule has 3 aromatic rings. The first-order valence-corrected chi connectivity index (χ1v) is 5.77. The predicted molar refractivity (Wildman–Crippen MR) is 70.2 cm³/mol. The summed E-state index contributed by atoms with van der Waals surface area (Å²) >= 11 is 5.77. The standard InChI is InChI=1S/C12H8ClN5O/c13-8-1-2-10(16-5-8)11-17-12(19-18-11)7-3-9(14)6-15-4-7/h1-6H,14H2. The van der Waals surface area contributed by atoms with E-state index in [9.17, 15) is 0 Å². The Morgan fingerprint density at radius 2 is 2.05 bits per heavy atom. The summed E-state index contributed by atoms with van der Waals surface area (Å²) in [5, 5.41) is 4.41. The molecule has 3 heterocycles. The fourth-order valence-corrected chi connectivity index (χ4v) is 1.64. The summed E-state index contributed by atoms with van der Waals surface area (Å²) in [7, 11) is 0. The smallest absolute Gasteiger partial charge is 0.259 e. The summed E-state index contributed by atoms with van der Waals surface area (Å²) in [4.78, 5) is 12.3. The Morgan fingerprint density at radius 3 is 2.79 bits per heavy atom. The van der Waals surface area contributed by atoms with Crippen LogP contribution in [0.2, 0.25) is 5.02 Å². The van der Waals surface area contributed by atoms with Crippen molar-refractivity contribution in [1.29, 1.82) is 0 Å². The molecule has 0 saturated carbocycles. The van der Waals surface area contributed by atoms with E-state index in [1.54, 1.807) is 30.6 Å². The molecule has 0 saturated heterocycles. The van der Waals surface area contributed by atoms with Crippen LogP contribution < -0.4 is 5.73 Å². The topological polar surface area (TPSA) is 90.7 Å². The van der Waals surface area contributed by atoms with Crippen LogP contribution >= 0.6 is 11.6 Å². The molecule has 94 valence electrons. The summed E-state index contributed by atoms with van der Waals surface area (Å²) in [5.74, 6) is 0.723. The van der Waals surface area contributed by atoms with Gasteiger partial charge in [0.1, 0.15) is 5.69 Å². The fourth-order valence-electron chi connectivity index (χ4n) is 1.53. The lowest BCUT2D eigenvalue weighted by Crippen LogP contribution is -1.88. The van der Waals surface area contributed by atoms with Crippen molar-refractivity contribution in [2.75, 3.05) is 5.73 Å². The van der Waals surface area contributed by atoms with Gasteiger partial charge in [-0.1, -0.05) is 16.8 Å². The van der Waals surface area contributed by atoms with Crippen LogP contribution in [-0.4, -0.2) is 20.1 Å². The van der Waals surface area contributed by atoms with Crippen LogP contribution in [0, 0.1) is 0 Å². The molecule has 0 aliphatic rings. The molecule has 2 N–H and O–H groups in total. The third-order valence-corrected chi connectivity index (χ3v) is 2.61. The molecule has 0 aliphatic heterocycles. The average Bonchev–Trinajstić information content (AvgIpc) is 2.89. The molecule has 0 atom stereocenters. The lowest BCUT2D eigenvalue weighted by molar-refractivity contribution is 0.432. The van der Waals surface area contributed by atoms with Crippen LogP contribution in [0.4, 0.5) is 5.69 Å². The molecule has 19 heavy (non-hydrogen) atoms. The molecule has 0 amide bonds. The minimum Gasteiger partial charge on any atom is -0.397 e. The second kappa shape index (κ2) is 4.66. The highest BCUT2D eigenvalue weighted by Crippen LogP contribution is 2.22. The Morgan fingerprint density at radius 1 is 1.16 bits per heavy atom. The number of hydrogen-bond acceptors (Lipinski definition) is 6. The van der Waals surface area contributed by atoms with Crippen LogP contribution in [0.25, 0.3) is 23.0 Å². The van der Waals surface area contributed by atoms with Gasteiger partial charge < -0.3 is 10.3 Å². The van der Waals surface area contributed by atoms with Crippen molar-refractivity contribution in [2.45, 2.75) is 0 Å². The SMILES string of the molecule is Nc1cncc(-c2nc(-c3ccc(Cl)cn3)no2)c1. The first kappa shape index (κ1) is 11.6. The molecule has 0 radical (unpaired) electrons. The molecule has 7 heteroatoms. The van der Waals surface area contributed by atoms with Crippen molar-refractivity contribution in [3.05, 3.63) is 41.8 Å². The summed E-state index contributed by atoms with van der Waals surface area (Å²) in [5.41, 5.74) is 7.42. The third kappa shape index (κ3) is 2.38. The fraction of sp³-hybridized carbons (Fsp3) is 0. The largest absolute Gasteiger partial charge is 0.397 e. The summed E-state index contributed by atoms with van der Waals surface area (Å²) in [6.45, 7) is 0. The molecule has 3 rings (SSSR count). The van der Waals surface area contributed by atoms with Gasteiger partial charge in [-0.25, -0.2) is 0 Å². The highest BCUT2D eigenvalue weighted by atomic mass is 35.5. The minimum absolute atomic E-state index is 0.339. The van der Waals surface area contributed by atoms with Crippen LogP contribution in [0.3, 0.4) is 0 Å². The van der Waals surface area contributed by atoms with Crippen molar-refractivity contribution in [3.8, 4) is 23.0 Å². The van der Waals surface area contributed by atoms with Crippen LogP contribution in [0.5, 0.6) is 0 Å². The van der Waals surface area contributed by atoms with Gasteiger partial charge in [0.15, 0.2) is 0 Å². The number of nitrogens with two attached hydrogens (primary N) is 1. The van der Waals surface area contributed by atoms with Gasteiger partial charge in [0, 0.05) is 18.6 Å². The number of nitrogens with zero attached hydrogens (tertiary/aromatic N) is 4. The van der Waals surface area contributed by atoms with Crippen LogP contribution in [0.1, 0.15) is 0 Å². The number of halogens is 1. The Bertz CT molecular complexity index is 710. The molecule has 0 spiro atoms. The zero-order valence-corrected chi connectivity index (χ0v) is 10.4. The molecule has 6 nitrogen and oxygen atoms in total. The first-order chi connectivity index (χ1) is 9.22. The van der Waals surface area contributed by atoms with Crippen molar-refractivity contribution >= 4 is 17.3 Å². The molecular weight excluding hydrogens is 266 g/mol. The van der Waals surface area contributed by atoms with E-state index in [2.05, 4.69) is 20.1 Å². The van der Waals surface area contributed by atoms with Gasteiger partial charge in [0.25, 0.3) is 5.89 Å². The van der Waals surface area contributed by atoms with E-state index in [0.29, 0.717) is 33.7 Å². The Labute approximate surface area is 113 Å². The van der Waals surface area contributed by atoms with Gasteiger partial charge >= 0.3 is 0 Å². The predicted octanol–water partition coefficient (Wildman–Crippen LogP) is 2.43. The normalized spacial score (nSPS) is 10.6. The Hall–Kier alpha value is -2.47. The molecule has 0 bridgehead atoms. The van der Waals surface area contributed by atoms with Crippen molar-refractivity contribution in [1.82, 2.24) is 20.1 Å². The zero-order chi connectivity index (χ0) is 13.2. The molecule has 0 aromatic carbocycles. The van der Waals surface area contributed by atoms with Crippen LogP contribution in [0.15, 0.2) is 41.3 Å². The molecular formula is C12H8ClN5O. The summed E-state index contributed by atoms with van der Waals surface area (Å²) in [6, 6.07) is 5.14. The van der Waals surface area contributed by atoms with E-state index in [1.807, 2.05) is 0 Å². The summed E-state index contributed by atoms with van der Waals surface area (Å²) < 4.78 is 5.16. The average molecular weight is 274 g/mol. The molecule has 3 aromatic heterocycles. The number of pyridine rings is 2. The lowest BCUT2D eigenvalue weighted by Gasteiger charge is -1.94. The quantitative estimate of drug-likeness (QED) is 0.771. The van der Waals surface area contributed by atoms with E-state index in [0.717, 1.165) is 0 Å². The number of anilines is 1. The van der Waals surface area contributed by atoms with Crippen LogP contribution in [-0.2, 0) is 0 Å². The van der Waals surface area contributed by atoms with Crippen molar-refractivity contribution in [3.63, 3.8) is 0 Å². The lowest BCUT2D eigenvalue weighted by atomic mass is 10.2. The minimum atomic E-state index is 0.339. The Kier molecular flexibility index (Phi) is 2.85. The molecule has 0 aliphatic carbocycles. The van der Waals surface area contributed by atoms with E-state index < -0.39 is 0 Å². The van der Waals surface area contributed by atoms with Gasteiger partial charge in [-0.2, -0.15) is 4.98 Å². The van der Waals surface area contributed by atoms with Crippen molar-refractivity contribution < 1.29 is 4.52 Å².